The number of nitrogens with zero attached hydrogens (tertiary/aromatic N) is 2. The van der Waals surface area contributed by atoms with Gasteiger partial charge in [0, 0.05) is 6.54 Å². The first-order chi connectivity index (χ1) is 10.6. The van der Waals surface area contributed by atoms with Gasteiger partial charge in [0.25, 0.3) is 0 Å². The predicted octanol–water partition coefficient (Wildman–Crippen LogP) is 3.62. The Morgan fingerprint density at radius 1 is 1.41 bits per heavy atom. The molecular formula is C14H17FN4OS2. The first-order valence-electron chi connectivity index (χ1n) is 6.89. The molecule has 0 bridgehead atoms. The summed E-state index contributed by atoms with van der Waals surface area (Å²) in [6, 6.07) is 6.09. The van der Waals surface area contributed by atoms with E-state index in [1.54, 1.807) is 19.1 Å². The molecule has 2 aromatic rings. The van der Waals surface area contributed by atoms with Crippen LogP contribution in [0.5, 0.6) is 0 Å². The van der Waals surface area contributed by atoms with E-state index in [0.717, 1.165) is 18.1 Å². The Bertz CT molecular complexity index is 635. The molecule has 5 nitrogen and oxygen atoms in total. The van der Waals surface area contributed by atoms with Crippen molar-refractivity contribution in [3.63, 3.8) is 0 Å². The van der Waals surface area contributed by atoms with E-state index in [1.165, 1.54) is 35.2 Å². The third-order valence-electron chi connectivity index (χ3n) is 2.71. The third-order valence-corrected chi connectivity index (χ3v) is 4.78. The molecule has 1 heterocycles. The second-order valence-corrected chi connectivity index (χ2v) is 7.09. The molecule has 22 heavy (non-hydrogen) atoms. The van der Waals surface area contributed by atoms with Gasteiger partial charge in [0.1, 0.15) is 5.82 Å². The van der Waals surface area contributed by atoms with Gasteiger partial charge in [0.2, 0.25) is 11.0 Å². The lowest BCUT2D eigenvalue weighted by Crippen LogP contribution is -2.22. The van der Waals surface area contributed by atoms with E-state index in [2.05, 4.69) is 27.8 Å². The summed E-state index contributed by atoms with van der Waals surface area (Å²) in [6.07, 6.45) is 1.00. The molecule has 0 aliphatic rings. The number of carbonyl (C=O) groups excluding carboxylic acids is 1. The lowest BCUT2D eigenvalue weighted by atomic mass is 10.3. The van der Waals surface area contributed by atoms with E-state index in [1.807, 2.05) is 0 Å². The number of halogens is 1. The Morgan fingerprint density at radius 2 is 2.18 bits per heavy atom. The molecule has 1 atom stereocenters. The summed E-state index contributed by atoms with van der Waals surface area (Å²) < 4.78 is 14.2. The van der Waals surface area contributed by atoms with Crippen LogP contribution in [0.15, 0.2) is 28.6 Å². The minimum atomic E-state index is -0.449. The van der Waals surface area contributed by atoms with Crippen LogP contribution in [-0.2, 0) is 4.79 Å². The molecule has 2 rings (SSSR count). The standard InChI is InChI=1S/C14H17FN4OS2/c1-3-8-16-13-18-19-14(22-13)21-9(2)12(20)17-11-7-5-4-6-10(11)15/h4-7,9H,3,8H2,1-2H3,(H,16,18)(H,17,20). The molecule has 1 amide bonds. The molecule has 0 aliphatic heterocycles. The van der Waals surface area contributed by atoms with Gasteiger partial charge in [-0.15, -0.1) is 10.2 Å². The minimum absolute atomic E-state index is 0.183. The van der Waals surface area contributed by atoms with Crippen molar-refractivity contribution >= 4 is 39.8 Å². The van der Waals surface area contributed by atoms with Crippen LogP contribution in [0.2, 0.25) is 0 Å². The second kappa shape index (κ2) is 8.09. The summed E-state index contributed by atoms with van der Waals surface area (Å²) in [6.45, 7) is 4.66. The fourth-order valence-electron chi connectivity index (χ4n) is 1.56. The lowest BCUT2D eigenvalue weighted by Gasteiger charge is -2.10. The third kappa shape index (κ3) is 4.67. The number of nitrogens with one attached hydrogen (secondary N) is 2. The zero-order valence-corrected chi connectivity index (χ0v) is 13.9. The fourth-order valence-corrected chi connectivity index (χ4v) is 3.48. The summed E-state index contributed by atoms with van der Waals surface area (Å²) in [5, 5.41) is 14.1. The molecule has 0 aliphatic carbocycles. The maximum atomic E-state index is 13.5. The number of para-hydroxylation sites is 1. The van der Waals surface area contributed by atoms with Gasteiger partial charge < -0.3 is 10.6 Å². The molecule has 1 unspecified atom stereocenters. The highest BCUT2D eigenvalue weighted by Gasteiger charge is 2.18. The van der Waals surface area contributed by atoms with Crippen molar-refractivity contribution in [2.75, 3.05) is 17.2 Å². The quantitative estimate of drug-likeness (QED) is 0.754. The van der Waals surface area contributed by atoms with Gasteiger partial charge in [-0.3, -0.25) is 4.79 Å². The van der Waals surface area contributed by atoms with Gasteiger partial charge in [-0.25, -0.2) is 4.39 Å². The van der Waals surface area contributed by atoms with E-state index in [0.29, 0.717) is 4.34 Å². The van der Waals surface area contributed by atoms with Gasteiger partial charge in [-0.2, -0.15) is 0 Å². The molecule has 0 saturated heterocycles. The second-order valence-electron chi connectivity index (χ2n) is 4.53. The van der Waals surface area contributed by atoms with Gasteiger partial charge >= 0.3 is 0 Å². The van der Waals surface area contributed by atoms with Crippen molar-refractivity contribution in [2.45, 2.75) is 29.9 Å². The zero-order chi connectivity index (χ0) is 15.9. The lowest BCUT2D eigenvalue weighted by molar-refractivity contribution is -0.115. The monoisotopic (exact) mass is 340 g/mol. The molecule has 8 heteroatoms. The highest BCUT2D eigenvalue weighted by atomic mass is 32.2. The number of thioether (sulfide) groups is 1. The van der Waals surface area contributed by atoms with E-state index in [4.69, 9.17) is 0 Å². The van der Waals surface area contributed by atoms with Crippen LogP contribution in [-0.4, -0.2) is 27.9 Å². The van der Waals surface area contributed by atoms with Crippen molar-refractivity contribution in [2.24, 2.45) is 0 Å². The molecule has 2 N–H and O–H groups in total. The molecule has 1 aromatic heterocycles. The van der Waals surface area contributed by atoms with Crippen LogP contribution >= 0.6 is 23.1 Å². The van der Waals surface area contributed by atoms with Gasteiger partial charge in [0.15, 0.2) is 4.34 Å². The molecule has 0 spiro atoms. The number of rotatable bonds is 7. The summed E-state index contributed by atoms with van der Waals surface area (Å²) in [5.41, 5.74) is 0.183. The average molecular weight is 340 g/mol. The largest absolute Gasteiger partial charge is 0.360 e. The molecule has 0 fully saturated rings. The van der Waals surface area contributed by atoms with Crippen molar-refractivity contribution in [1.29, 1.82) is 0 Å². The number of benzene rings is 1. The molecular weight excluding hydrogens is 323 g/mol. The van der Waals surface area contributed by atoms with Crippen LogP contribution in [0, 0.1) is 5.82 Å². The Kier molecular flexibility index (Phi) is 6.14. The van der Waals surface area contributed by atoms with Crippen LogP contribution in [0.4, 0.5) is 15.2 Å². The number of hydrogen-bond acceptors (Lipinski definition) is 6. The SMILES string of the molecule is CCCNc1nnc(SC(C)C(=O)Nc2ccccc2F)s1. The molecule has 1 aromatic carbocycles. The summed E-state index contributed by atoms with van der Waals surface area (Å²) in [5.74, 6) is -0.719. The number of aromatic nitrogens is 2. The van der Waals surface area contributed by atoms with Gasteiger partial charge in [-0.1, -0.05) is 42.2 Å². The first-order valence-corrected chi connectivity index (χ1v) is 8.59. The van der Waals surface area contributed by atoms with E-state index < -0.39 is 11.1 Å². The average Bonchev–Trinajstić information content (AvgIpc) is 2.94. The van der Waals surface area contributed by atoms with Gasteiger partial charge in [-0.05, 0) is 25.5 Å². The van der Waals surface area contributed by atoms with Crippen LogP contribution in [0.3, 0.4) is 0 Å². The normalized spacial score (nSPS) is 12.0. The van der Waals surface area contributed by atoms with E-state index in [9.17, 15) is 9.18 Å². The van der Waals surface area contributed by atoms with Crippen molar-refractivity contribution < 1.29 is 9.18 Å². The molecule has 0 saturated carbocycles. The summed E-state index contributed by atoms with van der Waals surface area (Å²) in [7, 11) is 0. The summed E-state index contributed by atoms with van der Waals surface area (Å²) in [4.78, 5) is 12.1. The number of carbonyl (C=O) groups is 1. The van der Waals surface area contributed by atoms with Crippen LogP contribution in [0.1, 0.15) is 20.3 Å². The smallest absolute Gasteiger partial charge is 0.237 e. The van der Waals surface area contributed by atoms with Crippen molar-refractivity contribution in [3.05, 3.63) is 30.1 Å². The Hall–Kier alpha value is -1.67. The highest BCUT2D eigenvalue weighted by Crippen LogP contribution is 2.29. The fraction of sp³-hybridized carbons (Fsp3) is 0.357. The minimum Gasteiger partial charge on any atom is -0.360 e. The number of hydrogen-bond donors (Lipinski definition) is 2. The van der Waals surface area contributed by atoms with E-state index >= 15 is 0 Å². The Morgan fingerprint density at radius 3 is 2.91 bits per heavy atom. The topological polar surface area (TPSA) is 66.9 Å². The van der Waals surface area contributed by atoms with E-state index in [-0.39, 0.29) is 11.6 Å². The highest BCUT2D eigenvalue weighted by molar-refractivity contribution is 8.02. The zero-order valence-electron chi connectivity index (χ0n) is 12.3. The van der Waals surface area contributed by atoms with Gasteiger partial charge in [0.05, 0.1) is 10.9 Å². The van der Waals surface area contributed by atoms with Crippen molar-refractivity contribution in [3.8, 4) is 0 Å². The Balaban J connectivity index is 1.91. The van der Waals surface area contributed by atoms with Crippen LogP contribution in [0.25, 0.3) is 0 Å². The maximum absolute atomic E-state index is 13.5. The van der Waals surface area contributed by atoms with Crippen molar-refractivity contribution in [1.82, 2.24) is 10.2 Å². The maximum Gasteiger partial charge on any atom is 0.237 e. The number of anilines is 2. The summed E-state index contributed by atoms with van der Waals surface area (Å²) >= 11 is 2.71. The molecule has 0 radical (unpaired) electrons. The Labute approximate surface area is 136 Å². The van der Waals surface area contributed by atoms with Crippen LogP contribution < -0.4 is 10.6 Å². The number of amides is 1. The molecule has 118 valence electrons. The first kappa shape index (κ1) is 16.7. The predicted molar refractivity (Wildman–Crippen MR) is 89.0 cm³/mol.